The van der Waals surface area contributed by atoms with Crippen LogP contribution in [0.15, 0.2) is 12.4 Å². The molecule has 0 unspecified atom stereocenters. The molecule has 3 fully saturated rings. The number of hydrogen-bond acceptors (Lipinski definition) is 6. The van der Waals surface area contributed by atoms with Gasteiger partial charge in [0, 0.05) is 39.0 Å². The molecule has 1 aromatic rings. The summed E-state index contributed by atoms with van der Waals surface area (Å²) >= 11 is 0. The zero-order valence-corrected chi connectivity index (χ0v) is 14.7. The van der Waals surface area contributed by atoms with Crippen molar-refractivity contribution >= 4 is 11.7 Å². The van der Waals surface area contributed by atoms with Crippen LogP contribution >= 0.6 is 0 Å². The van der Waals surface area contributed by atoms with Gasteiger partial charge in [0.1, 0.15) is 11.5 Å². The van der Waals surface area contributed by atoms with Gasteiger partial charge >= 0.3 is 0 Å². The van der Waals surface area contributed by atoms with Crippen LogP contribution in [0, 0.1) is 0 Å². The lowest BCUT2D eigenvalue weighted by Crippen LogP contribution is -2.47. The number of piperidine rings is 1. The topological polar surface area (TPSA) is 67.8 Å². The summed E-state index contributed by atoms with van der Waals surface area (Å²) < 4.78 is 11.4. The van der Waals surface area contributed by atoms with E-state index in [1.807, 2.05) is 4.90 Å². The van der Waals surface area contributed by atoms with Crippen LogP contribution in [0.2, 0.25) is 0 Å². The van der Waals surface area contributed by atoms with Crippen LogP contribution in [0.3, 0.4) is 0 Å². The summed E-state index contributed by atoms with van der Waals surface area (Å²) in [7, 11) is 0. The van der Waals surface area contributed by atoms with E-state index in [0.717, 1.165) is 31.7 Å². The van der Waals surface area contributed by atoms with E-state index in [1.165, 1.54) is 25.7 Å². The summed E-state index contributed by atoms with van der Waals surface area (Å²) in [5, 5.41) is 0. The predicted octanol–water partition coefficient (Wildman–Crippen LogP) is 1.84. The van der Waals surface area contributed by atoms with E-state index in [1.54, 1.807) is 12.4 Å². The molecular formula is C18H26N4O3. The number of rotatable bonds is 2. The van der Waals surface area contributed by atoms with E-state index in [4.69, 9.17) is 9.47 Å². The maximum Gasteiger partial charge on any atom is 0.274 e. The summed E-state index contributed by atoms with van der Waals surface area (Å²) in [6.45, 7) is 4.61. The molecule has 0 N–H and O–H groups in total. The minimum absolute atomic E-state index is 0.0530. The first-order chi connectivity index (χ1) is 12.3. The van der Waals surface area contributed by atoms with E-state index in [9.17, 15) is 4.79 Å². The average Bonchev–Trinajstić information content (AvgIpc) is 2.94. The van der Waals surface area contributed by atoms with Crippen LogP contribution in [-0.4, -0.2) is 66.0 Å². The fourth-order valence-corrected chi connectivity index (χ4v) is 3.89. The van der Waals surface area contributed by atoms with E-state index < -0.39 is 5.79 Å². The normalized spacial score (nSPS) is 23.7. The lowest BCUT2D eigenvalue weighted by atomic mass is 10.0. The molecule has 3 aliphatic heterocycles. The number of carbonyl (C=O) groups is 1. The second-order valence-corrected chi connectivity index (χ2v) is 7.06. The highest BCUT2D eigenvalue weighted by Crippen LogP contribution is 2.31. The zero-order valence-electron chi connectivity index (χ0n) is 14.7. The summed E-state index contributed by atoms with van der Waals surface area (Å²) in [4.78, 5) is 25.7. The summed E-state index contributed by atoms with van der Waals surface area (Å²) in [5.41, 5.74) is 0.419. The van der Waals surface area contributed by atoms with E-state index in [0.29, 0.717) is 32.0 Å². The largest absolute Gasteiger partial charge is 0.355 e. The summed E-state index contributed by atoms with van der Waals surface area (Å²) in [6, 6.07) is 0. The van der Waals surface area contributed by atoms with Crippen LogP contribution in [0.4, 0.5) is 5.82 Å². The van der Waals surface area contributed by atoms with Crippen molar-refractivity contribution in [1.82, 2.24) is 14.9 Å². The number of anilines is 1. The van der Waals surface area contributed by atoms with Crippen LogP contribution < -0.4 is 4.90 Å². The van der Waals surface area contributed by atoms with Gasteiger partial charge in [-0.3, -0.25) is 4.79 Å². The molecule has 136 valence electrons. The van der Waals surface area contributed by atoms with Crippen molar-refractivity contribution in [3.05, 3.63) is 18.1 Å². The molecule has 0 atom stereocenters. The van der Waals surface area contributed by atoms with Gasteiger partial charge in [-0.05, 0) is 12.8 Å². The molecule has 1 aromatic heterocycles. The third-order valence-electron chi connectivity index (χ3n) is 5.41. The Bertz CT molecular complexity index is 583. The van der Waals surface area contributed by atoms with Gasteiger partial charge in [0.2, 0.25) is 0 Å². The van der Waals surface area contributed by atoms with Gasteiger partial charge in [0.25, 0.3) is 5.91 Å². The minimum atomic E-state index is -0.459. The second-order valence-electron chi connectivity index (χ2n) is 7.06. The second kappa shape index (κ2) is 7.25. The van der Waals surface area contributed by atoms with Crippen LogP contribution in [0.25, 0.3) is 0 Å². The molecule has 25 heavy (non-hydrogen) atoms. The Morgan fingerprint density at radius 3 is 2.20 bits per heavy atom. The van der Waals surface area contributed by atoms with Gasteiger partial charge in [-0.25, -0.2) is 9.97 Å². The average molecular weight is 346 g/mol. The third-order valence-corrected chi connectivity index (χ3v) is 5.41. The molecular weight excluding hydrogens is 320 g/mol. The highest BCUT2D eigenvalue weighted by molar-refractivity contribution is 5.92. The fraction of sp³-hybridized carbons (Fsp3) is 0.722. The van der Waals surface area contributed by atoms with E-state index in [2.05, 4.69) is 14.9 Å². The standard InChI is InChI=1S/C18H26N4O3/c23-17(22-9-5-18(6-10-22)24-11-12-25-18)15-13-20-16(14-19-15)21-7-3-1-2-4-8-21/h13-14H,1-12H2. The van der Waals surface area contributed by atoms with E-state index >= 15 is 0 Å². The first-order valence-electron chi connectivity index (χ1n) is 9.40. The first kappa shape index (κ1) is 16.7. The molecule has 0 aliphatic carbocycles. The minimum Gasteiger partial charge on any atom is -0.355 e. The van der Waals surface area contributed by atoms with Crippen molar-refractivity contribution in [1.29, 1.82) is 0 Å². The monoisotopic (exact) mass is 346 g/mol. The van der Waals surface area contributed by atoms with Crippen molar-refractivity contribution < 1.29 is 14.3 Å². The Labute approximate surface area is 148 Å². The smallest absolute Gasteiger partial charge is 0.274 e. The van der Waals surface area contributed by atoms with Crippen LogP contribution in [0.1, 0.15) is 49.0 Å². The molecule has 0 bridgehead atoms. The number of amides is 1. The highest BCUT2D eigenvalue weighted by Gasteiger charge is 2.41. The number of likely N-dealkylation sites (tertiary alicyclic amines) is 1. The lowest BCUT2D eigenvalue weighted by molar-refractivity contribution is -0.181. The molecule has 0 saturated carbocycles. The molecule has 0 aromatic carbocycles. The van der Waals surface area contributed by atoms with Crippen molar-refractivity contribution in [2.24, 2.45) is 0 Å². The summed E-state index contributed by atoms with van der Waals surface area (Å²) in [5.74, 6) is 0.366. The molecule has 1 spiro atoms. The van der Waals surface area contributed by atoms with Gasteiger partial charge in [-0.1, -0.05) is 12.8 Å². The van der Waals surface area contributed by atoms with Gasteiger partial charge in [0.05, 0.1) is 25.6 Å². The molecule has 7 nitrogen and oxygen atoms in total. The highest BCUT2D eigenvalue weighted by atomic mass is 16.7. The lowest BCUT2D eigenvalue weighted by Gasteiger charge is -2.37. The Kier molecular flexibility index (Phi) is 4.85. The third kappa shape index (κ3) is 3.62. The number of aromatic nitrogens is 2. The first-order valence-corrected chi connectivity index (χ1v) is 9.40. The van der Waals surface area contributed by atoms with Crippen molar-refractivity contribution in [2.45, 2.75) is 44.3 Å². The maximum atomic E-state index is 12.7. The Morgan fingerprint density at radius 2 is 1.60 bits per heavy atom. The number of ether oxygens (including phenoxy) is 2. The Hall–Kier alpha value is -1.73. The zero-order chi connectivity index (χ0) is 17.1. The molecule has 7 heteroatoms. The van der Waals surface area contributed by atoms with Gasteiger partial charge in [0.15, 0.2) is 5.79 Å². The summed E-state index contributed by atoms with van der Waals surface area (Å²) in [6.07, 6.45) is 9.76. The molecule has 3 aliphatic rings. The quantitative estimate of drug-likeness (QED) is 0.814. The van der Waals surface area contributed by atoms with Crippen LogP contribution in [-0.2, 0) is 9.47 Å². The predicted molar refractivity (Wildman–Crippen MR) is 92.5 cm³/mol. The van der Waals surface area contributed by atoms with Gasteiger partial charge < -0.3 is 19.3 Å². The molecule has 0 radical (unpaired) electrons. The van der Waals surface area contributed by atoms with Gasteiger partial charge in [-0.15, -0.1) is 0 Å². The number of hydrogen-bond donors (Lipinski definition) is 0. The molecule has 4 heterocycles. The Morgan fingerprint density at radius 1 is 0.920 bits per heavy atom. The fourth-order valence-electron chi connectivity index (χ4n) is 3.89. The van der Waals surface area contributed by atoms with E-state index in [-0.39, 0.29) is 5.91 Å². The Balaban J connectivity index is 1.37. The number of carbonyl (C=O) groups excluding carboxylic acids is 1. The van der Waals surface area contributed by atoms with Crippen LogP contribution in [0.5, 0.6) is 0 Å². The molecule has 3 saturated heterocycles. The molecule has 1 amide bonds. The van der Waals surface area contributed by atoms with Gasteiger partial charge in [-0.2, -0.15) is 0 Å². The van der Waals surface area contributed by atoms with Crippen molar-refractivity contribution in [3.8, 4) is 0 Å². The van der Waals surface area contributed by atoms with Crippen molar-refractivity contribution in [3.63, 3.8) is 0 Å². The SMILES string of the molecule is O=C(c1cnc(N2CCCCCC2)cn1)N1CCC2(CC1)OCCO2. The molecule has 4 rings (SSSR count). The maximum absolute atomic E-state index is 12.7. The van der Waals surface area contributed by atoms with Crippen molar-refractivity contribution in [2.75, 3.05) is 44.3 Å². The number of nitrogens with zero attached hydrogens (tertiary/aromatic N) is 4.